The van der Waals surface area contributed by atoms with Crippen LogP contribution < -0.4 is 5.63 Å². The smallest absolute Gasteiger partial charge is 0.336 e. The summed E-state index contributed by atoms with van der Waals surface area (Å²) in [6, 6.07) is 12.1. The first kappa shape index (κ1) is 14.8. The number of benzene rings is 2. The SMILES string of the molecule is Cc1cc(O)cc2oc(=O)cc(CSc3nc4ccccc4o3)c12. The molecule has 0 aliphatic rings. The Hall–Kier alpha value is -2.73. The summed E-state index contributed by atoms with van der Waals surface area (Å²) in [4.78, 5) is 16.2. The molecule has 6 heteroatoms. The fourth-order valence-corrected chi connectivity index (χ4v) is 3.57. The van der Waals surface area contributed by atoms with Crippen LogP contribution in [0.15, 0.2) is 61.3 Å². The molecular formula is C18H13NO4S. The molecule has 1 N–H and O–H groups in total. The molecule has 2 aromatic heterocycles. The minimum absolute atomic E-state index is 0.0758. The Kier molecular flexibility index (Phi) is 3.54. The molecule has 0 saturated heterocycles. The Bertz CT molecular complexity index is 1080. The van der Waals surface area contributed by atoms with E-state index in [0.29, 0.717) is 16.6 Å². The van der Waals surface area contributed by atoms with Crippen molar-refractivity contribution in [3.8, 4) is 5.75 Å². The topological polar surface area (TPSA) is 76.5 Å². The second-order valence-electron chi connectivity index (χ2n) is 5.46. The third-order valence-electron chi connectivity index (χ3n) is 3.73. The lowest BCUT2D eigenvalue weighted by Gasteiger charge is -2.07. The molecule has 2 aromatic carbocycles. The third kappa shape index (κ3) is 2.65. The van der Waals surface area contributed by atoms with Gasteiger partial charge in [-0.05, 0) is 36.2 Å². The molecule has 0 aliphatic carbocycles. The summed E-state index contributed by atoms with van der Waals surface area (Å²) in [7, 11) is 0. The largest absolute Gasteiger partial charge is 0.508 e. The van der Waals surface area contributed by atoms with Crippen LogP contribution in [-0.2, 0) is 5.75 Å². The summed E-state index contributed by atoms with van der Waals surface area (Å²) < 4.78 is 10.9. The van der Waals surface area contributed by atoms with Gasteiger partial charge in [-0.3, -0.25) is 0 Å². The number of para-hydroxylation sites is 2. The highest BCUT2D eigenvalue weighted by atomic mass is 32.2. The molecule has 0 fully saturated rings. The monoisotopic (exact) mass is 339 g/mol. The second kappa shape index (κ2) is 5.72. The molecule has 4 rings (SSSR count). The highest BCUT2D eigenvalue weighted by Crippen LogP contribution is 2.31. The number of nitrogens with zero attached hydrogens (tertiary/aromatic N) is 1. The van der Waals surface area contributed by atoms with E-state index in [2.05, 4.69) is 4.98 Å². The number of aryl methyl sites for hydroxylation is 1. The average molecular weight is 339 g/mol. The van der Waals surface area contributed by atoms with Crippen molar-refractivity contribution < 1.29 is 13.9 Å². The predicted octanol–water partition coefficient (Wildman–Crippen LogP) is 4.24. The maximum atomic E-state index is 11.8. The van der Waals surface area contributed by atoms with Gasteiger partial charge in [0.05, 0.1) is 0 Å². The lowest BCUT2D eigenvalue weighted by molar-refractivity contribution is 0.472. The molecule has 0 saturated carbocycles. The van der Waals surface area contributed by atoms with Gasteiger partial charge in [-0.2, -0.15) is 0 Å². The molecule has 0 spiro atoms. The molecular weight excluding hydrogens is 326 g/mol. The van der Waals surface area contributed by atoms with Crippen molar-refractivity contribution in [1.82, 2.24) is 4.98 Å². The first-order valence-corrected chi connectivity index (χ1v) is 8.33. The molecule has 2 heterocycles. The van der Waals surface area contributed by atoms with Crippen LogP contribution in [0.25, 0.3) is 22.1 Å². The van der Waals surface area contributed by atoms with E-state index in [0.717, 1.165) is 27.6 Å². The van der Waals surface area contributed by atoms with Crippen molar-refractivity contribution in [2.75, 3.05) is 0 Å². The molecule has 120 valence electrons. The highest BCUT2D eigenvalue weighted by Gasteiger charge is 2.12. The van der Waals surface area contributed by atoms with Crippen LogP contribution in [-0.4, -0.2) is 10.1 Å². The molecule has 5 nitrogen and oxygen atoms in total. The summed E-state index contributed by atoms with van der Waals surface area (Å²) in [5.41, 5.74) is 3.15. The van der Waals surface area contributed by atoms with Gasteiger partial charge in [0.2, 0.25) is 0 Å². The number of hydrogen-bond acceptors (Lipinski definition) is 6. The molecule has 4 aromatic rings. The Morgan fingerprint density at radius 3 is 2.79 bits per heavy atom. The first-order chi connectivity index (χ1) is 11.6. The van der Waals surface area contributed by atoms with Gasteiger partial charge in [0.25, 0.3) is 5.22 Å². The van der Waals surface area contributed by atoms with Gasteiger partial charge in [-0.15, -0.1) is 0 Å². The molecule has 0 bridgehead atoms. The summed E-state index contributed by atoms with van der Waals surface area (Å²) in [6.07, 6.45) is 0. The van der Waals surface area contributed by atoms with E-state index in [1.54, 1.807) is 6.07 Å². The lowest BCUT2D eigenvalue weighted by atomic mass is 10.1. The van der Waals surface area contributed by atoms with E-state index in [-0.39, 0.29) is 5.75 Å². The normalized spacial score (nSPS) is 11.4. The minimum Gasteiger partial charge on any atom is -0.508 e. The van der Waals surface area contributed by atoms with Crippen LogP contribution in [0.1, 0.15) is 11.1 Å². The van der Waals surface area contributed by atoms with Crippen LogP contribution in [0.4, 0.5) is 0 Å². The van der Waals surface area contributed by atoms with E-state index < -0.39 is 5.63 Å². The maximum absolute atomic E-state index is 11.8. The van der Waals surface area contributed by atoms with Crippen LogP contribution in [0, 0.1) is 6.92 Å². The van der Waals surface area contributed by atoms with Crippen molar-refractivity contribution in [2.24, 2.45) is 0 Å². The van der Waals surface area contributed by atoms with Gasteiger partial charge in [0.1, 0.15) is 16.8 Å². The van der Waals surface area contributed by atoms with Crippen LogP contribution in [0.2, 0.25) is 0 Å². The first-order valence-electron chi connectivity index (χ1n) is 7.35. The van der Waals surface area contributed by atoms with E-state index in [4.69, 9.17) is 8.83 Å². The van der Waals surface area contributed by atoms with Gasteiger partial charge in [-0.1, -0.05) is 23.9 Å². The van der Waals surface area contributed by atoms with Gasteiger partial charge in [0.15, 0.2) is 5.58 Å². The zero-order valence-electron chi connectivity index (χ0n) is 12.8. The summed E-state index contributed by atoms with van der Waals surface area (Å²) >= 11 is 1.41. The third-order valence-corrected chi connectivity index (χ3v) is 4.61. The van der Waals surface area contributed by atoms with E-state index in [9.17, 15) is 9.90 Å². The van der Waals surface area contributed by atoms with Gasteiger partial charge in [-0.25, -0.2) is 9.78 Å². The fraction of sp³-hybridized carbons (Fsp3) is 0.111. The molecule has 0 amide bonds. The molecule has 0 atom stereocenters. The Balaban J connectivity index is 1.72. The number of thioether (sulfide) groups is 1. The second-order valence-corrected chi connectivity index (χ2v) is 6.39. The average Bonchev–Trinajstić information content (AvgIpc) is 2.94. The van der Waals surface area contributed by atoms with Crippen LogP contribution >= 0.6 is 11.8 Å². The van der Waals surface area contributed by atoms with E-state index >= 15 is 0 Å². The zero-order chi connectivity index (χ0) is 16.7. The zero-order valence-corrected chi connectivity index (χ0v) is 13.6. The number of hydrogen-bond donors (Lipinski definition) is 1. The van der Waals surface area contributed by atoms with Gasteiger partial charge in [0, 0.05) is 23.3 Å². The minimum atomic E-state index is -0.444. The van der Waals surface area contributed by atoms with Crippen molar-refractivity contribution in [2.45, 2.75) is 17.9 Å². The number of aromatic hydroxyl groups is 1. The van der Waals surface area contributed by atoms with E-state index in [1.165, 1.54) is 23.9 Å². The predicted molar refractivity (Wildman–Crippen MR) is 92.5 cm³/mol. The fourth-order valence-electron chi connectivity index (χ4n) is 2.75. The van der Waals surface area contributed by atoms with Gasteiger partial charge < -0.3 is 13.9 Å². The molecule has 0 unspecified atom stereocenters. The number of oxazole rings is 1. The van der Waals surface area contributed by atoms with E-state index in [1.807, 2.05) is 31.2 Å². The number of aromatic nitrogens is 1. The Morgan fingerprint density at radius 2 is 1.96 bits per heavy atom. The molecule has 0 aliphatic heterocycles. The quantitative estimate of drug-likeness (QED) is 0.444. The Labute approximate surface area is 140 Å². The van der Waals surface area contributed by atoms with Crippen molar-refractivity contribution in [3.63, 3.8) is 0 Å². The lowest BCUT2D eigenvalue weighted by Crippen LogP contribution is -2.01. The van der Waals surface area contributed by atoms with Crippen LogP contribution in [0.3, 0.4) is 0 Å². The summed E-state index contributed by atoms with van der Waals surface area (Å²) in [6.45, 7) is 1.87. The van der Waals surface area contributed by atoms with Crippen molar-refractivity contribution >= 4 is 33.8 Å². The Morgan fingerprint density at radius 1 is 1.12 bits per heavy atom. The number of phenols is 1. The molecule has 0 radical (unpaired) electrons. The summed E-state index contributed by atoms with van der Waals surface area (Å²) in [5.74, 6) is 0.590. The van der Waals surface area contributed by atoms with Crippen molar-refractivity contribution in [3.05, 3.63) is 64.0 Å². The van der Waals surface area contributed by atoms with Gasteiger partial charge >= 0.3 is 5.63 Å². The highest BCUT2D eigenvalue weighted by molar-refractivity contribution is 7.98. The molecule has 24 heavy (non-hydrogen) atoms. The number of rotatable bonds is 3. The van der Waals surface area contributed by atoms with Crippen LogP contribution in [0.5, 0.6) is 5.75 Å². The number of phenolic OH excluding ortho intramolecular Hbond substituents is 1. The maximum Gasteiger partial charge on any atom is 0.336 e. The van der Waals surface area contributed by atoms with Crippen molar-refractivity contribution in [1.29, 1.82) is 0 Å². The summed E-state index contributed by atoms with van der Waals surface area (Å²) in [5, 5.41) is 11.1. The number of fused-ring (bicyclic) bond motifs is 2. The standard InChI is InChI=1S/C18H13NO4S/c1-10-6-12(20)8-15-17(10)11(7-16(21)22-15)9-24-18-19-13-4-2-3-5-14(13)23-18/h2-8,20H,9H2,1H3.